The molecule has 1 aromatic rings. The lowest BCUT2D eigenvalue weighted by Gasteiger charge is -2.40. The molecule has 0 aliphatic carbocycles. The van der Waals surface area contributed by atoms with Gasteiger partial charge in [0.05, 0.1) is 19.3 Å². The Hall–Kier alpha value is -1.55. The fraction of sp³-hybridized carbons (Fsp3) is 0.533. The Labute approximate surface area is 133 Å². The summed E-state index contributed by atoms with van der Waals surface area (Å²) >= 11 is 0. The molecule has 23 heavy (non-hydrogen) atoms. The van der Waals surface area contributed by atoms with Gasteiger partial charge in [0.25, 0.3) is 0 Å². The quantitative estimate of drug-likeness (QED) is 0.396. The van der Waals surface area contributed by atoms with E-state index >= 15 is 0 Å². The number of carbonyl (C=O) groups excluding carboxylic acids is 1. The van der Waals surface area contributed by atoms with Crippen LogP contribution in [0.2, 0.25) is 0 Å². The van der Waals surface area contributed by atoms with E-state index in [4.69, 9.17) is 25.1 Å². The number of ether oxygens (including phenoxy) is 3. The fourth-order valence-electron chi connectivity index (χ4n) is 2.30. The molecule has 5 atom stereocenters. The van der Waals surface area contributed by atoms with E-state index in [2.05, 4.69) is 0 Å². The van der Waals surface area contributed by atoms with Gasteiger partial charge in [0.2, 0.25) is 0 Å². The molecule has 0 radical (unpaired) electrons. The van der Waals surface area contributed by atoms with Crippen LogP contribution in [0.25, 0.3) is 0 Å². The van der Waals surface area contributed by atoms with Crippen LogP contribution in [-0.2, 0) is 20.9 Å². The summed E-state index contributed by atoms with van der Waals surface area (Å²) in [6, 6.07) is 5.82. The number of hydrogen-bond donors (Lipinski definition) is 4. The van der Waals surface area contributed by atoms with Crippen molar-refractivity contribution in [2.75, 3.05) is 6.61 Å². The highest BCUT2D eigenvalue weighted by atomic mass is 16.7. The van der Waals surface area contributed by atoms with Crippen molar-refractivity contribution in [3.63, 3.8) is 0 Å². The molecule has 5 N–H and O–H groups in total. The molecule has 1 aliphatic heterocycles. The van der Waals surface area contributed by atoms with Crippen LogP contribution in [0.1, 0.15) is 12.5 Å². The molecule has 1 heterocycles. The Bertz CT molecular complexity index is 536. The lowest BCUT2D eigenvalue weighted by atomic mass is 9.98. The van der Waals surface area contributed by atoms with Crippen molar-refractivity contribution in [2.45, 2.75) is 44.2 Å². The zero-order valence-electron chi connectivity index (χ0n) is 12.7. The molecule has 1 aliphatic rings. The first-order valence-electron chi connectivity index (χ1n) is 7.20. The van der Waals surface area contributed by atoms with E-state index in [1.165, 1.54) is 6.92 Å². The summed E-state index contributed by atoms with van der Waals surface area (Å²) in [7, 11) is 0. The van der Waals surface area contributed by atoms with E-state index in [-0.39, 0.29) is 6.61 Å². The predicted octanol–water partition coefficient (Wildman–Crippen LogP) is -1.11. The second-order valence-electron chi connectivity index (χ2n) is 5.30. The smallest absolute Gasteiger partial charge is 0.308 e. The van der Waals surface area contributed by atoms with Gasteiger partial charge < -0.3 is 35.3 Å². The predicted molar refractivity (Wildman–Crippen MR) is 78.3 cm³/mol. The third kappa shape index (κ3) is 4.25. The van der Waals surface area contributed by atoms with Gasteiger partial charge in [0, 0.05) is 12.5 Å². The summed E-state index contributed by atoms with van der Waals surface area (Å²) in [5, 5.41) is 28.8. The molecule has 1 fully saturated rings. The molecule has 2 rings (SSSR count). The number of hydrogen-bond acceptors (Lipinski definition) is 8. The molecule has 128 valence electrons. The highest BCUT2D eigenvalue weighted by Crippen LogP contribution is 2.24. The van der Waals surface area contributed by atoms with Crippen LogP contribution in [-0.4, -0.2) is 58.5 Å². The van der Waals surface area contributed by atoms with E-state index in [0.717, 1.165) is 0 Å². The normalized spacial score (nSPS) is 30.9. The molecule has 1 saturated heterocycles. The van der Waals surface area contributed by atoms with E-state index in [9.17, 15) is 15.0 Å². The summed E-state index contributed by atoms with van der Waals surface area (Å²) < 4.78 is 16.0. The molecule has 0 aromatic heterocycles. The number of aliphatic hydroxyl groups excluding tert-OH is 3. The maximum atomic E-state index is 11.1. The largest absolute Gasteiger partial charge is 0.426 e. The van der Waals surface area contributed by atoms with E-state index in [1.54, 1.807) is 24.3 Å². The first kappa shape index (κ1) is 17.8. The van der Waals surface area contributed by atoms with Crippen LogP contribution in [0, 0.1) is 0 Å². The van der Waals surface area contributed by atoms with Gasteiger partial charge in [0.15, 0.2) is 6.29 Å². The van der Waals surface area contributed by atoms with Gasteiger partial charge in [-0.15, -0.1) is 0 Å². The third-order valence-corrected chi connectivity index (χ3v) is 3.56. The standard InChI is InChI=1S/C15H21NO7/c1-8(18)22-10-5-3-2-4-9(10)7-21-15-12(16)14(20)13(19)11(6-17)23-15/h2-5,11-15,17,19-20H,6-7,16H2,1H3/t11-,12-,13+,14-,15?/m1/s1. The molecule has 1 unspecified atom stereocenters. The fourth-order valence-corrected chi connectivity index (χ4v) is 2.30. The molecule has 1 aromatic carbocycles. The summed E-state index contributed by atoms with van der Waals surface area (Å²) in [6.45, 7) is 0.832. The van der Waals surface area contributed by atoms with Gasteiger partial charge in [0.1, 0.15) is 24.1 Å². The van der Waals surface area contributed by atoms with E-state index in [1.807, 2.05) is 0 Å². The van der Waals surface area contributed by atoms with Gasteiger partial charge in [-0.25, -0.2) is 0 Å². The Morgan fingerprint density at radius 3 is 2.65 bits per heavy atom. The molecular weight excluding hydrogens is 306 g/mol. The van der Waals surface area contributed by atoms with Crippen LogP contribution < -0.4 is 10.5 Å². The zero-order valence-corrected chi connectivity index (χ0v) is 12.7. The topological polar surface area (TPSA) is 131 Å². The van der Waals surface area contributed by atoms with Crippen LogP contribution in [0.5, 0.6) is 5.75 Å². The van der Waals surface area contributed by atoms with Crippen molar-refractivity contribution >= 4 is 5.97 Å². The second kappa shape index (κ2) is 7.82. The molecule has 0 spiro atoms. The lowest BCUT2D eigenvalue weighted by Crippen LogP contribution is -2.62. The van der Waals surface area contributed by atoms with Crippen LogP contribution in [0.4, 0.5) is 0 Å². The summed E-state index contributed by atoms with van der Waals surface area (Å²) in [5.41, 5.74) is 6.38. The van der Waals surface area contributed by atoms with Gasteiger partial charge in [-0.1, -0.05) is 18.2 Å². The number of aliphatic hydroxyl groups is 3. The van der Waals surface area contributed by atoms with E-state index in [0.29, 0.717) is 11.3 Å². The average Bonchev–Trinajstić information content (AvgIpc) is 2.53. The minimum absolute atomic E-state index is 0.0167. The van der Waals surface area contributed by atoms with Gasteiger partial charge >= 0.3 is 5.97 Å². The lowest BCUT2D eigenvalue weighted by molar-refractivity contribution is -0.269. The number of rotatable bonds is 5. The first-order valence-corrected chi connectivity index (χ1v) is 7.20. The zero-order chi connectivity index (χ0) is 17.0. The molecule has 0 saturated carbocycles. The summed E-state index contributed by atoms with van der Waals surface area (Å²) in [4.78, 5) is 11.1. The Kier molecular flexibility index (Phi) is 6.05. The number of esters is 1. The Morgan fingerprint density at radius 1 is 1.30 bits per heavy atom. The maximum Gasteiger partial charge on any atom is 0.308 e. The number of benzene rings is 1. The van der Waals surface area contributed by atoms with Crippen molar-refractivity contribution in [3.8, 4) is 5.75 Å². The SMILES string of the molecule is CC(=O)Oc1ccccc1COC1O[C@H](CO)[C@H](O)[C@H](O)[C@H]1N. The van der Waals surface area contributed by atoms with Gasteiger partial charge in [-0.3, -0.25) is 4.79 Å². The van der Waals surface area contributed by atoms with Crippen LogP contribution in [0.3, 0.4) is 0 Å². The molecule has 0 amide bonds. The van der Waals surface area contributed by atoms with Crippen molar-refractivity contribution < 1.29 is 34.3 Å². The average molecular weight is 327 g/mol. The van der Waals surface area contributed by atoms with E-state index < -0.39 is 43.2 Å². The van der Waals surface area contributed by atoms with Crippen molar-refractivity contribution in [1.29, 1.82) is 0 Å². The minimum atomic E-state index is -1.29. The molecule has 8 nitrogen and oxygen atoms in total. The molecular formula is C15H21NO7. The van der Waals surface area contributed by atoms with Crippen LogP contribution >= 0.6 is 0 Å². The Balaban J connectivity index is 2.04. The third-order valence-electron chi connectivity index (χ3n) is 3.56. The van der Waals surface area contributed by atoms with Crippen LogP contribution in [0.15, 0.2) is 24.3 Å². The maximum absolute atomic E-state index is 11.1. The first-order chi connectivity index (χ1) is 10.9. The van der Waals surface area contributed by atoms with Crippen molar-refractivity contribution in [3.05, 3.63) is 29.8 Å². The highest BCUT2D eigenvalue weighted by Gasteiger charge is 2.43. The monoisotopic (exact) mass is 327 g/mol. The molecule has 0 bridgehead atoms. The van der Waals surface area contributed by atoms with Gasteiger partial charge in [-0.05, 0) is 6.07 Å². The summed E-state index contributed by atoms with van der Waals surface area (Å²) in [5.74, 6) is -0.106. The minimum Gasteiger partial charge on any atom is -0.426 e. The number of nitrogens with two attached hydrogens (primary N) is 1. The van der Waals surface area contributed by atoms with Crippen molar-refractivity contribution in [1.82, 2.24) is 0 Å². The van der Waals surface area contributed by atoms with Gasteiger partial charge in [-0.2, -0.15) is 0 Å². The van der Waals surface area contributed by atoms with Crippen molar-refractivity contribution in [2.24, 2.45) is 5.73 Å². The Morgan fingerprint density at radius 2 is 2.00 bits per heavy atom. The summed E-state index contributed by atoms with van der Waals surface area (Å²) in [6.07, 6.45) is -4.58. The second-order valence-corrected chi connectivity index (χ2v) is 5.30. The molecule has 8 heteroatoms. The highest BCUT2D eigenvalue weighted by molar-refractivity contribution is 5.69. The number of carbonyl (C=O) groups is 1. The number of para-hydroxylation sites is 1.